The Hall–Kier alpha value is -2.55. The summed E-state index contributed by atoms with van der Waals surface area (Å²) in [6, 6.07) is 5.29. The van der Waals surface area contributed by atoms with Crippen LogP contribution in [0.2, 0.25) is 0 Å². The molecule has 0 unspecified atom stereocenters. The number of hydrogen-bond donors (Lipinski definition) is 0. The van der Waals surface area contributed by atoms with Crippen molar-refractivity contribution in [2.45, 2.75) is 19.7 Å². The zero-order chi connectivity index (χ0) is 15.3. The second-order valence-corrected chi connectivity index (χ2v) is 4.09. The van der Waals surface area contributed by atoms with Gasteiger partial charge in [-0.25, -0.2) is 9.97 Å². The first-order valence-electron chi connectivity index (χ1n) is 6.15. The third-order valence-electron chi connectivity index (χ3n) is 2.52. The molecule has 1 aromatic carbocycles. The average Bonchev–Trinajstić information content (AvgIpc) is 2.45. The van der Waals surface area contributed by atoms with Gasteiger partial charge >= 0.3 is 6.36 Å². The highest BCUT2D eigenvalue weighted by Crippen LogP contribution is 2.22. The summed E-state index contributed by atoms with van der Waals surface area (Å²) in [5.41, 5.74) is 1.56. The molecule has 0 N–H and O–H groups in total. The molecule has 3 nitrogen and oxygen atoms in total. The molecule has 2 rings (SSSR count). The van der Waals surface area contributed by atoms with Crippen molar-refractivity contribution in [2.24, 2.45) is 0 Å². The molecule has 2 aromatic rings. The van der Waals surface area contributed by atoms with Gasteiger partial charge in [0, 0.05) is 18.0 Å². The SMILES string of the molecule is CCc1cnc(C#Cc2ccc(OC(F)(F)F)cc2)nc1. The highest BCUT2D eigenvalue weighted by molar-refractivity contribution is 5.41. The molecule has 21 heavy (non-hydrogen) atoms. The molecule has 0 aliphatic heterocycles. The summed E-state index contributed by atoms with van der Waals surface area (Å²) < 4.78 is 39.8. The summed E-state index contributed by atoms with van der Waals surface area (Å²) in [5, 5.41) is 0. The van der Waals surface area contributed by atoms with Crippen LogP contribution in [0.25, 0.3) is 0 Å². The van der Waals surface area contributed by atoms with E-state index in [0.29, 0.717) is 11.4 Å². The van der Waals surface area contributed by atoms with Crippen LogP contribution in [0, 0.1) is 11.8 Å². The third-order valence-corrected chi connectivity index (χ3v) is 2.52. The number of aromatic nitrogens is 2. The number of benzene rings is 1. The van der Waals surface area contributed by atoms with Gasteiger partial charge < -0.3 is 4.74 Å². The van der Waals surface area contributed by atoms with Gasteiger partial charge in [0.15, 0.2) is 0 Å². The van der Waals surface area contributed by atoms with Crippen molar-refractivity contribution in [3.05, 3.63) is 53.6 Å². The molecule has 108 valence electrons. The molecule has 0 saturated heterocycles. The van der Waals surface area contributed by atoms with Gasteiger partial charge in [-0.05, 0) is 42.2 Å². The lowest BCUT2D eigenvalue weighted by Gasteiger charge is -2.07. The van der Waals surface area contributed by atoms with Crippen molar-refractivity contribution < 1.29 is 17.9 Å². The number of halogens is 3. The lowest BCUT2D eigenvalue weighted by molar-refractivity contribution is -0.274. The summed E-state index contributed by atoms with van der Waals surface area (Å²) in [6.45, 7) is 1.99. The van der Waals surface area contributed by atoms with E-state index >= 15 is 0 Å². The van der Waals surface area contributed by atoms with Crippen LogP contribution in [-0.4, -0.2) is 16.3 Å². The van der Waals surface area contributed by atoms with E-state index in [4.69, 9.17) is 0 Å². The van der Waals surface area contributed by atoms with Gasteiger partial charge in [0.1, 0.15) is 5.75 Å². The van der Waals surface area contributed by atoms with Crippen LogP contribution >= 0.6 is 0 Å². The molecule has 0 radical (unpaired) electrons. The molecule has 6 heteroatoms. The molecule has 0 aliphatic carbocycles. The molecule has 0 spiro atoms. The van der Waals surface area contributed by atoms with Crippen molar-refractivity contribution in [3.8, 4) is 17.6 Å². The lowest BCUT2D eigenvalue weighted by atomic mass is 10.2. The van der Waals surface area contributed by atoms with Crippen LogP contribution in [0.1, 0.15) is 23.9 Å². The molecule has 0 fully saturated rings. The van der Waals surface area contributed by atoms with Gasteiger partial charge in [0.25, 0.3) is 0 Å². The normalized spacial score (nSPS) is 10.7. The van der Waals surface area contributed by atoms with Gasteiger partial charge in [-0.2, -0.15) is 0 Å². The first-order valence-corrected chi connectivity index (χ1v) is 6.15. The summed E-state index contributed by atoms with van der Waals surface area (Å²) in [5.74, 6) is 5.60. The fourth-order valence-corrected chi connectivity index (χ4v) is 1.47. The van der Waals surface area contributed by atoms with Crippen molar-refractivity contribution in [2.75, 3.05) is 0 Å². The van der Waals surface area contributed by atoms with Gasteiger partial charge in [-0.1, -0.05) is 12.8 Å². The second-order valence-electron chi connectivity index (χ2n) is 4.09. The standard InChI is InChI=1S/C15H11F3N2O/c1-2-11-9-19-14(20-10-11)8-5-12-3-6-13(7-4-12)21-15(16,17)18/h3-4,6-7,9-10H,2H2,1H3. The molecule has 0 amide bonds. The molecule has 0 bridgehead atoms. The minimum atomic E-state index is -4.69. The maximum absolute atomic E-state index is 12.0. The fraction of sp³-hybridized carbons (Fsp3) is 0.200. The van der Waals surface area contributed by atoms with E-state index in [2.05, 4.69) is 26.5 Å². The summed E-state index contributed by atoms with van der Waals surface area (Å²) in [6.07, 6.45) is -0.467. The highest BCUT2D eigenvalue weighted by Gasteiger charge is 2.30. The van der Waals surface area contributed by atoms with Crippen LogP contribution in [0.3, 0.4) is 0 Å². The van der Waals surface area contributed by atoms with E-state index in [1.54, 1.807) is 12.4 Å². The van der Waals surface area contributed by atoms with Crippen LogP contribution in [0.15, 0.2) is 36.7 Å². The van der Waals surface area contributed by atoms with Gasteiger partial charge in [0.2, 0.25) is 5.82 Å². The quantitative estimate of drug-likeness (QED) is 0.796. The lowest BCUT2D eigenvalue weighted by Crippen LogP contribution is -2.16. The van der Waals surface area contributed by atoms with Crippen molar-refractivity contribution in [3.63, 3.8) is 0 Å². The summed E-state index contributed by atoms with van der Waals surface area (Å²) in [4.78, 5) is 8.14. The Morgan fingerprint density at radius 2 is 1.67 bits per heavy atom. The molecule has 0 aliphatic rings. The molecular weight excluding hydrogens is 281 g/mol. The number of rotatable bonds is 2. The van der Waals surface area contributed by atoms with Crippen molar-refractivity contribution in [1.82, 2.24) is 9.97 Å². The van der Waals surface area contributed by atoms with E-state index in [1.165, 1.54) is 24.3 Å². The molecule has 0 atom stereocenters. The Morgan fingerprint density at radius 1 is 1.05 bits per heavy atom. The van der Waals surface area contributed by atoms with Crippen LogP contribution in [-0.2, 0) is 6.42 Å². The smallest absolute Gasteiger partial charge is 0.406 e. The Balaban J connectivity index is 2.08. The van der Waals surface area contributed by atoms with E-state index in [-0.39, 0.29) is 5.75 Å². The van der Waals surface area contributed by atoms with E-state index in [1.807, 2.05) is 6.92 Å². The number of hydrogen-bond acceptors (Lipinski definition) is 3. The number of aryl methyl sites for hydroxylation is 1. The largest absolute Gasteiger partial charge is 0.573 e. The highest BCUT2D eigenvalue weighted by atomic mass is 19.4. The summed E-state index contributed by atoms with van der Waals surface area (Å²) >= 11 is 0. The first kappa shape index (κ1) is 14.9. The monoisotopic (exact) mass is 292 g/mol. The molecular formula is C15H11F3N2O. The Bertz CT molecular complexity index is 653. The first-order chi connectivity index (χ1) is 9.96. The predicted octanol–water partition coefficient (Wildman–Crippen LogP) is 3.34. The van der Waals surface area contributed by atoms with Gasteiger partial charge in [-0.15, -0.1) is 13.2 Å². The number of ether oxygens (including phenoxy) is 1. The van der Waals surface area contributed by atoms with Crippen LogP contribution < -0.4 is 4.74 Å². The molecule has 1 aromatic heterocycles. The minimum absolute atomic E-state index is 0.281. The molecule has 1 heterocycles. The average molecular weight is 292 g/mol. The van der Waals surface area contributed by atoms with Gasteiger partial charge in [-0.3, -0.25) is 0 Å². The number of alkyl halides is 3. The third kappa shape index (κ3) is 4.80. The van der Waals surface area contributed by atoms with E-state index < -0.39 is 6.36 Å². The van der Waals surface area contributed by atoms with Crippen LogP contribution in [0.5, 0.6) is 5.75 Å². The van der Waals surface area contributed by atoms with E-state index in [9.17, 15) is 13.2 Å². The van der Waals surface area contributed by atoms with Crippen LogP contribution in [0.4, 0.5) is 13.2 Å². The second kappa shape index (κ2) is 6.27. The van der Waals surface area contributed by atoms with E-state index in [0.717, 1.165) is 12.0 Å². The maximum Gasteiger partial charge on any atom is 0.573 e. The number of nitrogens with zero attached hydrogens (tertiary/aromatic N) is 2. The molecule has 0 saturated carbocycles. The zero-order valence-corrected chi connectivity index (χ0v) is 11.1. The Morgan fingerprint density at radius 3 is 2.19 bits per heavy atom. The van der Waals surface area contributed by atoms with Crippen molar-refractivity contribution >= 4 is 0 Å². The topological polar surface area (TPSA) is 35.0 Å². The fourth-order valence-electron chi connectivity index (χ4n) is 1.47. The Labute approximate surface area is 119 Å². The maximum atomic E-state index is 12.0. The summed E-state index contributed by atoms with van der Waals surface area (Å²) in [7, 11) is 0. The van der Waals surface area contributed by atoms with Crippen molar-refractivity contribution in [1.29, 1.82) is 0 Å². The van der Waals surface area contributed by atoms with Gasteiger partial charge in [0.05, 0.1) is 0 Å². The minimum Gasteiger partial charge on any atom is -0.406 e. The zero-order valence-electron chi connectivity index (χ0n) is 11.1. The predicted molar refractivity (Wildman–Crippen MR) is 70.5 cm³/mol. The Kier molecular flexibility index (Phi) is 4.43.